The molecule has 90 valence electrons. The lowest BCUT2D eigenvalue weighted by molar-refractivity contribution is -0.122. The zero-order valence-corrected chi connectivity index (χ0v) is 11.2. The van der Waals surface area contributed by atoms with E-state index in [1.54, 1.807) is 30.0 Å². The van der Waals surface area contributed by atoms with Crippen LogP contribution in [0.1, 0.15) is 25.5 Å². The lowest BCUT2D eigenvalue weighted by atomic mass is 9.97. The lowest BCUT2D eigenvalue weighted by Crippen LogP contribution is -2.49. The predicted octanol–water partition coefficient (Wildman–Crippen LogP) is 1.53. The number of carbonyl (C=O) groups is 1. The number of nitrogens with two attached hydrogens (primary N) is 2. The minimum atomic E-state index is -0.890. The summed E-state index contributed by atoms with van der Waals surface area (Å²) in [4.78, 5) is 15.3. The summed E-state index contributed by atoms with van der Waals surface area (Å²) in [6, 6.07) is 0. The van der Waals surface area contributed by atoms with Crippen molar-refractivity contribution in [3.8, 4) is 0 Å². The number of thiazole rings is 1. The summed E-state index contributed by atoms with van der Waals surface area (Å²) in [5, 5.41) is 2.03. The molecule has 0 aromatic carbocycles. The van der Waals surface area contributed by atoms with Crippen LogP contribution >= 0.6 is 23.1 Å². The molecule has 1 aromatic heterocycles. The van der Waals surface area contributed by atoms with Crippen LogP contribution in [-0.2, 0) is 4.79 Å². The summed E-state index contributed by atoms with van der Waals surface area (Å²) < 4.78 is 1.07. The highest BCUT2D eigenvalue weighted by molar-refractivity contribution is 8.00. The Balaban J connectivity index is 2.24. The normalized spacial score (nSPS) is 14.7. The Hall–Kier alpha value is -0.590. The standard InChI is InChI=1S/C10H17N3OS2/c1-7-6-16-9(13-7)15-5-3-4-10(2,12)8(11)14/h6H,3-5,12H2,1-2H3,(H2,11,14). The van der Waals surface area contributed by atoms with Crippen molar-refractivity contribution in [3.05, 3.63) is 11.1 Å². The largest absolute Gasteiger partial charge is 0.368 e. The van der Waals surface area contributed by atoms with E-state index in [-0.39, 0.29) is 0 Å². The van der Waals surface area contributed by atoms with E-state index in [2.05, 4.69) is 4.98 Å². The van der Waals surface area contributed by atoms with Gasteiger partial charge in [-0.3, -0.25) is 4.79 Å². The molecule has 0 spiro atoms. The molecule has 1 amide bonds. The molecule has 0 radical (unpaired) electrons. The highest BCUT2D eigenvalue weighted by Gasteiger charge is 2.24. The van der Waals surface area contributed by atoms with Gasteiger partial charge in [0, 0.05) is 16.8 Å². The molecular weight excluding hydrogens is 242 g/mol. The molecule has 0 bridgehead atoms. The number of rotatable bonds is 6. The molecule has 1 heterocycles. The first-order chi connectivity index (χ1) is 7.42. The van der Waals surface area contributed by atoms with Crippen molar-refractivity contribution in [2.75, 3.05) is 5.75 Å². The molecule has 1 rings (SSSR count). The highest BCUT2D eigenvalue weighted by Crippen LogP contribution is 2.24. The molecule has 1 unspecified atom stereocenters. The Morgan fingerprint density at radius 1 is 1.69 bits per heavy atom. The molecule has 0 saturated heterocycles. The van der Waals surface area contributed by atoms with E-state index in [4.69, 9.17) is 11.5 Å². The first-order valence-corrected chi connectivity index (χ1v) is 6.92. The van der Waals surface area contributed by atoms with Crippen LogP contribution < -0.4 is 11.5 Å². The van der Waals surface area contributed by atoms with Crippen molar-refractivity contribution in [2.45, 2.75) is 36.6 Å². The molecule has 0 aliphatic heterocycles. The van der Waals surface area contributed by atoms with Crippen molar-refractivity contribution in [1.82, 2.24) is 4.98 Å². The van der Waals surface area contributed by atoms with E-state index < -0.39 is 11.4 Å². The maximum absolute atomic E-state index is 11.0. The van der Waals surface area contributed by atoms with Crippen LogP contribution in [0.5, 0.6) is 0 Å². The molecule has 6 heteroatoms. The number of nitrogens with zero attached hydrogens (tertiary/aromatic N) is 1. The van der Waals surface area contributed by atoms with E-state index in [0.29, 0.717) is 6.42 Å². The molecule has 0 saturated carbocycles. The average Bonchev–Trinajstić information content (AvgIpc) is 2.59. The van der Waals surface area contributed by atoms with Gasteiger partial charge in [0.15, 0.2) is 0 Å². The quantitative estimate of drug-likeness (QED) is 0.599. The summed E-state index contributed by atoms with van der Waals surface area (Å²) in [7, 11) is 0. The molecule has 4 N–H and O–H groups in total. The predicted molar refractivity (Wildman–Crippen MR) is 68.6 cm³/mol. The van der Waals surface area contributed by atoms with E-state index in [1.807, 2.05) is 12.3 Å². The monoisotopic (exact) mass is 259 g/mol. The van der Waals surface area contributed by atoms with Gasteiger partial charge in [-0.1, -0.05) is 11.8 Å². The van der Waals surface area contributed by atoms with Crippen molar-refractivity contribution >= 4 is 29.0 Å². The van der Waals surface area contributed by atoms with Gasteiger partial charge in [0.05, 0.1) is 5.54 Å². The molecule has 16 heavy (non-hydrogen) atoms. The van der Waals surface area contributed by atoms with Gasteiger partial charge in [-0.2, -0.15) is 0 Å². The van der Waals surface area contributed by atoms with Crippen molar-refractivity contribution in [3.63, 3.8) is 0 Å². The van der Waals surface area contributed by atoms with Gasteiger partial charge in [0.1, 0.15) is 4.34 Å². The van der Waals surface area contributed by atoms with E-state index in [0.717, 1.165) is 22.2 Å². The first kappa shape index (κ1) is 13.5. The molecular formula is C10H17N3OS2. The highest BCUT2D eigenvalue weighted by atomic mass is 32.2. The lowest BCUT2D eigenvalue weighted by Gasteiger charge is -2.19. The maximum Gasteiger partial charge on any atom is 0.237 e. The minimum absolute atomic E-state index is 0.442. The van der Waals surface area contributed by atoms with Gasteiger partial charge >= 0.3 is 0 Å². The Morgan fingerprint density at radius 3 is 2.88 bits per heavy atom. The van der Waals surface area contributed by atoms with Gasteiger partial charge in [0.25, 0.3) is 0 Å². The van der Waals surface area contributed by atoms with Crippen LogP contribution in [0.2, 0.25) is 0 Å². The SMILES string of the molecule is Cc1csc(SCCCC(C)(N)C(N)=O)n1. The van der Waals surface area contributed by atoms with Crippen LogP contribution in [0.25, 0.3) is 0 Å². The van der Waals surface area contributed by atoms with Crippen LogP contribution in [-0.4, -0.2) is 22.2 Å². The molecule has 1 atom stereocenters. The third-order valence-electron chi connectivity index (χ3n) is 2.23. The summed E-state index contributed by atoms with van der Waals surface area (Å²) in [5.41, 5.74) is 11.1. The van der Waals surface area contributed by atoms with Gasteiger partial charge in [0.2, 0.25) is 5.91 Å². The second kappa shape index (κ2) is 5.65. The van der Waals surface area contributed by atoms with Crippen LogP contribution in [0.3, 0.4) is 0 Å². The van der Waals surface area contributed by atoms with Gasteiger partial charge in [-0.25, -0.2) is 4.98 Å². The third-order valence-corrected chi connectivity index (χ3v) is 4.45. The Labute approximate surface area is 104 Å². The number of primary amides is 1. The molecule has 4 nitrogen and oxygen atoms in total. The van der Waals surface area contributed by atoms with Crippen LogP contribution in [0, 0.1) is 6.92 Å². The van der Waals surface area contributed by atoms with Gasteiger partial charge in [-0.15, -0.1) is 11.3 Å². The fraction of sp³-hybridized carbons (Fsp3) is 0.600. The average molecular weight is 259 g/mol. The Morgan fingerprint density at radius 2 is 2.38 bits per heavy atom. The smallest absolute Gasteiger partial charge is 0.237 e. The fourth-order valence-electron chi connectivity index (χ4n) is 1.12. The number of amides is 1. The second-order valence-corrected chi connectivity index (χ2v) is 6.19. The minimum Gasteiger partial charge on any atom is -0.368 e. The van der Waals surface area contributed by atoms with Crippen LogP contribution in [0.4, 0.5) is 0 Å². The number of thioether (sulfide) groups is 1. The fourth-order valence-corrected chi connectivity index (χ4v) is 2.98. The number of aryl methyl sites for hydroxylation is 1. The maximum atomic E-state index is 11.0. The zero-order valence-electron chi connectivity index (χ0n) is 9.53. The number of aromatic nitrogens is 1. The number of hydrogen-bond donors (Lipinski definition) is 2. The molecule has 0 aliphatic rings. The van der Waals surface area contributed by atoms with E-state index in [9.17, 15) is 4.79 Å². The summed E-state index contributed by atoms with van der Waals surface area (Å²) >= 11 is 3.34. The molecule has 0 aliphatic carbocycles. The zero-order chi connectivity index (χ0) is 12.2. The topological polar surface area (TPSA) is 82.0 Å². The van der Waals surface area contributed by atoms with Crippen molar-refractivity contribution < 1.29 is 4.79 Å². The second-order valence-electron chi connectivity index (χ2n) is 3.99. The van der Waals surface area contributed by atoms with Crippen LogP contribution in [0.15, 0.2) is 9.72 Å². The Kier molecular flexibility index (Phi) is 4.76. The summed E-state index contributed by atoms with van der Waals surface area (Å²) in [5.74, 6) is 0.468. The van der Waals surface area contributed by atoms with Gasteiger partial charge in [-0.05, 0) is 26.7 Å². The number of hydrogen-bond acceptors (Lipinski definition) is 5. The van der Waals surface area contributed by atoms with Crippen molar-refractivity contribution in [1.29, 1.82) is 0 Å². The Bertz CT molecular complexity index is 363. The summed E-state index contributed by atoms with van der Waals surface area (Å²) in [6.07, 6.45) is 1.47. The van der Waals surface area contributed by atoms with Crippen molar-refractivity contribution in [2.24, 2.45) is 11.5 Å². The number of carbonyl (C=O) groups excluding carboxylic acids is 1. The molecule has 0 fully saturated rings. The summed E-state index contributed by atoms with van der Waals surface area (Å²) in [6.45, 7) is 3.65. The first-order valence-electron chi connectivity index (χ1n) is 5.05. The van der Waals surface area contributed by atoms with E-state index in [1.165, 1.54) is 0 Å². The molecule has 1 aromatic rings. The van der Waals surface area contributed by atoms with Gasteiger partial charge < -0.3 is 11.5 Å². The van der Waals surface area contributed by atoms with E-state index >= 15 is 0 Å². The third kappa shape index (κ3) is 4.11.